The van der Waals surface area contributed by atoms with Crippen molar-refractivity contribution in [1.82, 2.24) is 15.5 Å². The van der Waals surface area contributed by atoms with Gasteiger partial charge in [0.15, 0.2) is 0 Å². The zero-order chi connectivity index (χ0) is 10.4. The smallest absolute Gasteiger partial charge is 0.322 e. The second-order valence-electron chi connectivity index (χ2n) is 2.88. The van der Waals surface area contributed by atoms with E-state index in [1.54, 1.807) is 6.92 Å². The highest BCUT2D eigenvalue weighted by molar-refractivity contribution is 5.88. The summed E-state index contributed by atoms with van der Waals surface area (Å²) < 4.78 is 4.99. The standard InChI is InChI=1S/C8H14N4O2/c1-6-11-12-8(14-6)10-7(13)4-3-5-9-2/h9H,3-5H2,1-2H3,(H,10,12,13). The van der Waals surface area contributed by atoms with Gasteiger partial charge in [0.05, 0.1) is 0 Å². The molecule has 0 radical (unpaired) electrons. The lowest BCUT2D eigenvalue weighted by Gasteiger charge is -1.99. The molecule has 1 aromatic heterocycles. The summed E-state index contributed by atoms with van der Waals surface area (Å²) in [6.45, 7) is 2.49. The Kier molecular flexibility index (Phi) is 4.06. The first-order valence-electron chi connectivity index (χ1n) is 4.47. The molecule has 0 aliphatic rings. The Hall–Kier alpha value is -1.43. The molecule has 0 fully saturated rings. The Balaban J connectivity index is 2.27. The van der Waals surface area contributed by atoms with Gasteiger partial charge in [0, 0.05) is 13.3 Å². The number of hydrogen-bond acceptors (Lipinski definition) is 5. The van der Waals surface area contributed by atoms with E-state index in [0.717, 1.165) is 13.0 Å². The molecule has 1 heterocycles. The SMILES string of the molecule is CNCCCC(=O)Nc1nnc(C)o1. The molecule has 1 aromatic rings. The van der Waals surface area contributed by atoms with E-state index < -0.39 is 0 Å². The van der Waals surface area contributed by atoms with Crippen LogP contribution in [0.1, 0.15) is 18.7 Å². The Morgan fingerprint density at radius 1 is 1.50 bits per heavy atom. The van der Waals surface area contributed by atoms with Crippen LogP contribution in [-0.2, 0) is 4.79 Å². The third-order valence-corrected chi connectivity index (χ3v) is 1.60. The maximum Gasteiger partial charge on any atom is 0.322 e. The van der Waals surface area contributed by atoms with Crippen molar-refractivity contribution in [2.45, 2.75) is 19.8 Å². The molecule has 0 saturated carbocycles. The molecule has 1 rings (SSSR count). The quantitative estimate of drug-likeness (QED) is 0.666. The van der Waals surface area contributed by atoms with E-state index >= 15 is 0 Å². The number of nitrogens with zero attached hydrogens (tertiary/aromatic N) is 2. The van der Waals surface area contributed by atoms with Crippen molar-refractivity contribution in [3.05, 3.63) is 5.89 Å². The first kappa shape index (κ1) is 10.6. The minimum absolute atomic E-state index is 0.107. The van der Waals surface area contributed by atoms with Crippen LogP contribution in [0.5, 0.6) is 0 Å². The minimum atomic E-state index is -0.107. The van der Waals surface area contributed by atoms with Crippen molar-refractivity contribution < 1.29 is 9.21 Å². The zero-order valence-electron chi connectivity index (χ0n) is 8.33. The molecule has 0 atom stereocenters. The first-order chi connectivity index (χ1) is 6.72. The van der Waals surface area contributed by atoms with Crippen LogP contribution < -0.4 is 10.6 Å². The molecule has 6 heteroatoms. The fourth-order valence-electron chi connectivity index (χ4n) is 0.955. The third kappa shape index (κ3) is 3.53. The number of aryl methyl sites for hydroxylation is 1. The molecule has 2 N–H and O–H groups in total. The molecule has 0 bridgehead atoms. The highest BCUT2D eigenvalue weighted by Gasteiger charge is 2.06. The van der Waals surface area contributed by atoms with Crippen molar-refractivity contribution in [3.63, 3.8) is 0 Å². The van der Waals surface area contributed by atoms with Crippen LogP contribution in [-0.4, -0.2) is 29.7 Å². The molecule has 0 saturated heterocycles. The van der Waals surface area contributed by atoms with Crippen molar-refractivity contribution in [3.8, 4) is 0 Å². The number of hydrogen-bond donors (Lipinski definition) is 2. The normalized spacial score (nSPS) is 10.1. The van der Waals surface area contributed by atoms with Crippen molar-refractivity contribution in [2.75, 3.05) is 18.9 Å². The molecular formula is C8H14N4O2. The van der Waals surface area contributed by atoms with Gasteiger partial charge in [-0.3, -0.25) is 10.1 Å². The van der Waals surface area contributed by atoms with Crippen LogP contribution >= 0.6 is 0 Å². The lowest BCUT2D eigenvalue weighted by molar-refractivity contribution is -0.116. The number of aromatic nitrogens is 2. The maximum absolute atomic E-state index is 11.2. The topological polar surface area (TPSA) is 80.0 Å². The highest BCUT2D eigenvalue weighted by Crippen LogP contribution is 2.04. The molecule has 6 nitrogen and oxygen atoms in total. The Labute approximate surface area is 82.1 Å². The first-order valence-corrected chi connectivity index (χ1v) is 4.47. The van der Waals surface area contributed by atoms with Crippen molar-refractivity contribution >= 4 is 11.9 Å². The summed E-state index contributed by atoms with van der Waals surface area (Å²) in [4.78, 5) is 11.2. The van der Waals surface area contributed by atoms with Crippen LogP contribution in [0.4, 0.5) is 6.01 Å². The molecular weight excluding hydrogens is 184 g/mol. The number of rotatable bonds is 5. The summed E-state index contributed by atoms with van der Waals surface area (Å²) in [6.07, 6.45) is 1.23. The lowest BCUT2D eigenvalue weighted by Crippen LogP contribution is -2.15. The summed E-state index contributed by atoms with van der Waals surface area (Å²) in [5.74, 6) is 0.333. The van der Waals surface area contributed by atoms with Crippen LogP contribution in [0.25, 0.3) is 0 Å². The number of carbonyl (C=O) groups excluding carboxylic acids is 1. The van der Waals surface area contributed by atoms with Gasteiger partial charge in [-0.15, -0.1) is 5.10 Å². The zero-order valence-corrected chi connectivity index (χ0v) is 8.33. The second kappa shape index (κ2) is 5.33. The molecule has 78 valence electrons. The Morgan fingerprint density at radius 2 is 2.29 bits per heavy atom. The van der Waals surface area contributed by atoms with Gasteiger partial charge in [-0.25, -0.2) is 0 Å². The van der Waals surface area contributed by atoms with Gasteiger partial charge in [-0.1, -0.05) is 5.10 Å². The van der Waals surface area contributed by atoms with E-state index in [1.165, 1.54) is 0 Å². The van der Waals surface area contributed by atoms with Crippen LogP contribution in [0.3, 0.4) is 0 Å². The molecule has 14 heavy (non-hydrogen) atoms. The third-order valence-electron chi connectivity index (χ3n) is 1.60. The van der Waals surface area contributed by atoms with E-state index in [4.69, 9.17) is 4.42 Å². The molecule has 0 aromatic carbocycles. The van der Waals surface area contributed by atoms with Gasteiger partial charge < -0.3 is 9.73 Å². The molecule has 1 amide bonds. The highest BCUT2D eigenvalue weighted by atomic mass is 16.4. The minimum Gasteiger partial charge on any atom is -0.408 e. The Bertz CT molecular complexity index is 297. The molecule has 0 aliphatic carbocycles. The monoisotopic (exact) mass is 198 g/mol. The summed E-state index contributed by atoms with van der Waals surface area (Å²) in [5, 5.41) is 12.7. The van der Waals surface area contributed by atoms with Crippen molar-refractivity contribution in [1.29, 1.82) is 0 Å². The van der Waals surface area contributed by atoms with Crippen LogP contribution in [0, 0.1) is 6.92 Å². The lowest BCUT2D eigenvalue weighted by atomic mass is 10.3. The summed E-state index contributed by atoms with van der Waals surface area (Å²) in [7, 11) is 1.85. The Morgan fingerprint density at radius 3 is 2.86 bits per heavy atom. The summed E-state index contributed by atoms with van der Waals surface area (Å²) in [6, 6.07) is 0.164. The van der Waals surface area contributed by atoms with Gasteiger partial charge in [0.1, 0.15) is 0 Å². The summed E-state index contributed by atoms with van der Waals surface area (Å²) >= 11 is 0. The fraction of sp³-hybridized carbons (Fsp3) is 0.625. The van der Waals surface area contributed by atoms with E-state index in [9.17, 15) is 4.79 Å². The van der Waals surface area contributed by atoms with Crippen molar-refractivity contribution in [2.24, 2.45) is 0 Å². The van der Waals surface area contributed by atoms with E-state index in [2.05, 4.69) is 20.8 Å². The average molecular weight is 198 g/mol. The van der Waals surface area contributed by atoms with Gasteiger partial charge >= 0.3 is 6.01 Å². The van der Waals surface area contributed by atoms with E-state index in [1.807, 2.05) is 7.05 Å². The number of nitrogens with one attached hydrogen (secondary N) is 2. The largest absolute Gasteiger partial charge is 0.408 e. The molecule has 0 unspecified atom stereocenters. The predicted molar refractivity (Wildman–Crippen MR) is 50.8 cm³/mol. The number of carbonyl (C=O) groups is 1. The van der Waals surface area contributed by atoms with Crippen LogP contribution in [0.15, 0.2) is 4.42 Å². The van der Waals surface area contributed by atoms with Gasteiger partial charge in [0.2, 0.25) is 11.8 Å². The van der Waals surface area contributed by atoms with E-state index in [-0.39, 0.29) is 11.9 Å². The van der Waals surface area contributed by atoms with Crippen LogP contribution in [0.2, 0.25) is 0 Å². The maximum atomic E-state index is 11.2. The second-order valence-corrected chi connectivity index (χ2v) is 2.88. The fourth-order valence-corrected chi connectivity index (χ4v) is 0.955. The molecule has 0 aliphatic heterocycles. The number of anilines is 1. The molecule has 0 spiro atoms. The van der Waals surface area contributed by atoms with E-state index in [0.29, 0.717) is 12.3 Å². The average Bonchev–Trinajstić information content (AvgIpc) is 2.52. The van der Waals surface area contributed by atoms with Gasteiger partial charge in [-0.05, 0) is 20.0 Å². The summed E-state index contributed by atoms with van der Waals surface area (Å²) in [5.41, 5.74) is 0. The predicted octanol–water partition coefficient (Wildman–Crippen LogP) is 0.316. The number of amides is 1. The van der Waals surface area contributed by atoms with Gasteiger partial charge in [-0.2, -0.15) is 0 Å². The van der Waals surface area contributed by atoms with Gasteiger partial charge in [0.25, 0.3) is 0 Å².